The molecule has 0 N–H and O–H groups in total. The molecule has 1 unspecified atom stereocenters. The van der Waals surface area contributed by atoms with E-state index in [9.17, 15) is 4.79 Å². The van der Waals surface area contributed by atoms with Crippen LogP contribution in [0.5, 0.6) is 11.5 Å². The van der Waals surface area contributed by atoms with Crippen molar-refractivity contribution in [2.45, 2.75) is 12.6 Å². The smallest absolute Gasteiger partial charge is 0.410 e. The number of methoxy groups -OCH3 is 1. The van der Waals surface area contributed by atoms with E-state index in [-0.39, 0.29) is 12.1 Å². The molecular weight excluding hydrogens is 222 g/mol. The van der Waals surface area contributed by atoms with Crippen LogP contribution in [-0.2, 0) is 11.3 Å². The minimum absolute atomic E-state index is 0.0147. The zero-order chi connectivity index (χ0) is 11.8. The Balaban J connectivity index is 1.95. The van der Waals surface area contributed by atoms with Crippen LogP contribution in [0.15, 0.2) is 18.2 Å². The number of nitrogens with zero attached hydrogens (tertiary/aromatic N) is 1. The lowest BCUT2D eigenvalue weighted by atomic mass is 10.2. The summed E-state index contributed by atoms with van der Waals surface area (Å²) in [4.78, 5) is 13.2. The van der Waals surface area contributed by atoms with Gasteiger partial charge in [-0.1, -0.05) is 0 Å². The quantitative estimate of drug-likeness (QED) is 0.738. The number of carbonyl (C=O) groups excluding carboxylic acids is 1. The van der Waals surface area contributed by atoms with Crippen LogP contribution in [0.4, 0.5) is 4.79 Å². The second kappa shape index (κ2) is 3.84. The van der Waals surface area contributed by atoms with Gasteiger partial charge in [0.15, 0.2) is 0 Å². The van der Waals surface area contributed by atoms with Crippen molar-refractivity contribution in [1.82, 2.24) is 4.90 Å². The Morgan fingerprint density at radius 1 is 1.35 bits per heavy atom. The van der Waals surface area contributed by atoms with E-state index < -0.39 is 0 Å². The predicted octanol–water partition coefficient (Wildman–Crippen LogP) is 1.41. The fourth-order valence-corrected chi connectivity index (χ4v) is 2.14. The van der Waals surface area contributed by atoms with Gasteiger partial charge in [0, 0.05) is 5.56 Å². The van der Waals surface area contributed by atoms with Gasteiger partial charge >= 0.3 is 6.09 Å². The van der Waals surface area contributed by atoms with E-state index in [1.165, 1.54) is 0 Å². The largest absolute Gasteiger partial charge is 0.497 e. The predicted molar refractivity (Wildman–Crippen MR) is 59.2 cm³/mol. The van der Waals surface area contributed by atoms with Gasteiger partial charge in [0.05, 0.1) is 13.7 Å². The zero-order valence-corrected chi connectivity index (χ0v) is 9.51. The Hall–Kier alpha value is -1.91. The van der Waals surface area contributed by atoms with Gasteiger partial charge in [-0.25, -0.2) is 4.79 Å². The molecule has 1 atom stereocenters. The van der Waals surface area contributed by atoms with Gasteiger partial charge in [-0.15, -0.1) is 0 Å². The maximum absolute atomic E-state index is 11.5. The molecule has 1 aromatic rings. The van der Waals surface area contributed by atoms with E-state index in [0.717, 1.165) is 17.1 Å². The van der Waals surface area contributed by atoms with Crippen LogP contribution in [0.25, 0.3) is 0 Å². The summed E-state index contributed by atoms with van der Waals surface area (Å²) >= 11 is 0. The first-order valence-corrected chi connectivity index (χ1v) is 5.51. The lowest BCUT2D eigenvalue weighted by molar-refractivity contribution is 0.156. The highest BCUT2D eigenvalue weighted by atomic mass is 16.6. The summed E-state index contributed by atoms with van der Waals surface area (Å²) in [6.07, 6.45) is -0.269. The Morgan fingerprint density at radius 2 is 2.18 bits per heavy atom. The van der Waals surface area contributed by atoms with Crippen molar-refractivity contribution >= 4 is 6.09 Å². The van der Waals surface area contributed by atoms with Crippen LogP contribution < -0.4 is 9.47 Å². The third kappa shape index (κ3) is 1.67. The van der Waals surface area contributed by atoms with E-state index in [1.807, 2.05) is 18.2 Å². The number of fused-ring (bicyclic) bond motifs is 2. The SMILES string of the molecule is COc1ccc2c(c1)CN1C(=O)OCC1CO2. The van der Waals surface area contributed by atoms with Crippen molar-refractivity contribution in [2.75, 3.05) is 20.3 Å². The first kappa shape index (κ1) is 10.3. The van der Waals surface area contributed by atoms with Crippen molar-refractivity contribution in [1.29, 1.82) is 0 Å². The fraction of sp³-hybridized carbons (Fsp3) is 0.417. The lowest BCUT2D eigenvalue weighted by Crippen LogP contribution is -2.35. The van der Waals surface area contributed by atoms with Crippen LogP contribution in [0, 0.1) is 0 Å². The summed E-state index contributed by atoms with van der Waals surface area (Å²) < 4.78 is 15.9. The molecule has 2 heterocycles. The molecule has 5 heteroatoms. The van der Waals surface area contributed by atoms with Crippen molar-refractivity contribution in [3.8, 4) is 11.5 Å². The van der Waals surface area contributed by atoms with E-state index in [1.54, 1.807) is 12.0 Å². The molecule has 0 aliphatic carbocycles. The normalized spacial score (nSPS) is 22.1. The maximum atomic E-state index is 11.5. The summed E-state index contributed by atoms with van der Waals surface area (Å²) in [7, 11) is 1.62. The molecule has 17 heavy (non-hydrogen) atoms. The van der Waals surface area contributed by atoms with Gasteiger partial charge in [0.1, 0.15) is 30.8 Å². The number of benzene rings is 1. The number of hydrogen-bond donors (Lipinski definition) is 0. The second-order valence-electron chi connectivity index (χ2n) is 4.14. The third-order valence-corrected chi connectivity index (χ3v) is 3.11. The summed E-state index contributed by atoms with van der Waals surface area (Å²) in [5.41, 5.74) is 0.950. The average Bonchev–Trinajstić information content (AvgIpc) is 2.61. The molecule has 2 aliphatic heterocycles. The Morgan fingerprint density at radius 3 is 3.00 bits per heavy atom. The molecule has 3 rings (SSSR count). The highest BCUT2D eigenvalue weighted by Crippen LogP contribution is 2.30. The summed E-state index contributed by atoms with van der Waals surface area (Å²) in [6.45, 7) is 1.39. The van der Waals surface area contributed by atoms with Crippen molar-refractivity contribution < 1.29 is 19.0 Å². The molecule has 0 spiro atoms. The molecule has 1 amide bonds. The number of rotatable bonds is 1. The Kier molecular flexibility index (Phi) is 2.31. The minimum atomic E-state index is -0.269. The van der Waals surface area contributed by atoms with Crippen molar-refractivity contribution in [2.24, 2.45) is 0 Å². The van der Waals surface area contributed by atoms with Crippen LogP contribution >= 0.6 is 0 Å². The molecule has 90 valence electrons. The number of amides is 1. The summed E-state index contributed by atoms with van der Waals surface area (Å²) in [6, 6.07) is 5.64. The Labute approximate surface area is 98.9 Å². The van der Waals surface area contributed by atoms with Gasteiger partial charge < -0.3 is 14.2 Å². The van der Waals surface area contributed by atoms with E-state index in [2.05, 4.69) is 0 Å². The van der Waals surface area contributed by atoms with Crippen LogP contribution in [0.3, 0.4) is 0 Å². The second-order valence-corrected chi connectivity index (χ2v) is 4.14. The van der Waals surface area contributed by atoms with Crippen LogP contribution in [0.1, 0.15) is 5.56 Å². The zero-order valence-electron chi connectivity index (χ0n) is 9.51. The molecule has 1 aromatic carbocycles. The van der Waals surface area contributed by atoms with Crippen molar-refractivity contribution in [3.63, 3.8) is 0 Å². The first-order chi connectivity index (χ1) is 8.28. The van der Waals surface area contributed by atoms with E-state index in [4.69, 9.17) is 14.2 Å². The number of hydrogen-bond acceptors (Lipinski definition) is 4. The highest BCUT2D eigenvalue weighted by Gasteiger charge is 2.36. The van der Waals surface area contributed by atoms with E-state index >= 15 is 0 Å². The van der Waals surface area contributed by atoms with Gasteiger partial charge in [-0.2, -0.15) is 0 Å². The standard InChI is InChI=1S/C12H13NO4/c1-15-10-2-3-11-8(4-10)5-13-9(6-16-11)7-17-12(13)14/h2-4,9H,5-7H2,1H3. The molecule has 0 saturated carbocycles. The first-order valence-electron chi connectivity index (χ1n) is 5.51. The maximum Gasteiger partial charge on any atom is 0.410 e. The number of cyclic esters (lactones) is 1. The summed E-state index contributed by atoms with van der Waals surface area (Å²) in [5, 5.41) is 0. The monoisotopic (exact) mass is 235 g/mol. The molecular formula is C12H13NO4. The molecule has 1 saturated heterocycles. The van der Waals surface area contributed by atoms with Gasteiger partial charge in [0.25, 0.3) is 0 Å². The molecule has 2 aliphatic rings. The van der Waals surface area contributed by atoms with Crippen molar-refractivity contribution in [3.05, 3.63) is 23.8 Å². The molecule has 1 fully saturated rings. The van der Waals surface area contributed by atoms with Gasteiger partial charge in [-0.05, 0) is 18.2 Å². The molecule has 0 radical (unpaired) electrons. The average molecular weight is 235 g/mol. The lowest BCUT2D eigenvalue weighted by Gasteiger charge is -2.16. The number of carbonyl (C=O) groups is 1. The van der Waals surface area contributed by atoms with Gasteiger partial charge in [0.2, 0.25) is 0 Å². The minimum Gasteiger partial charge on any atom is -0.497 e. The topological polar surface area (TPSA) is 48.0 Å². The molecule has 0 aromatic heterocycles. The Bertz CT molecular complexity index is 460. The van der Waals surface area contributed by atoms with Crippen LogP contribution in [0.2, 0.25) is 0 Å². The summed E-state index contributed by atoms with van der Waals surface area (Å²) in [5.74, 6) is 1.58. The molecule has 0 bridgehead atoms. The van der Waals surface area contributed by atoms with Crippen LogP contribution in [-0.4, -0.2) is 37.4 Å². The molecule has 5 nitrogen and oxygen atoms in total. The third-order valence-electron chi connectivity index (χ3n) is 3.11. The van der Waals surface area contributed by atoms with E-state index in [0.29, 0.717) is 19.8 Å². The van der Waals surface area contributed by atoms with Gasteiger partial charge in [-0.3, -0.25) is 4.90 Å². The fourth-order valence-electron chi connectivity index (χ4n) is 2.14. The number of ether oxygens (including phenoxy) is 3. The highest BCUT2D eigenvalue weighted by molar-refractivity contribution is 5.70.